The number of anilines is 1. The van der Waals surface area contributed by atoms with Gasteiger partial charge in [0.1, 0.15) is 0 Å². The van der Waals surface area contributed by atoms with Crippen LogP contribution < -0.4 is 5.32 Å². The van der Waals surface area contributed by atoms with E-state index in [-0.39, 0.29) is 0 Å². The molecule has 1 aromatic carbocycles. The van der Waals surface area contributed by atoms with Gasteiger partial charge in [-0.25, -0.2) is 0 Å². The van der Waals surface area contributed by atoms with Crippen molar-refractivity contribution in [3.63, 3.8) is 0 Å². The van der Waals surface area contributed by atoms with Crippen LogP contribution in [0.2, 0.25) is 0 Å². The van der Waals surface area contributed by atoms with E-state index in [0.29, 0.717) is 0 Å². The summed E-state index contributed by atoms with van der Waals surface area (Å²) in [6.07, 6.45) is 3.06. The Morgan fingerprint density at radius 3 is 3.25 bits per heavy atom. The van der Waals surface area contributed by atoms with Crippen molar-refractivity contribution in [3.8, 4) is 0 Å². The quantitative estimate of drug-likeness (QED) is 0.756. The van der Waals surface area contributed by atoms with Crippen LogP contribution in [0, 0.1) is 0 Å². The Kier molecular flexibility index (Phi) is 4.10. The molecule has 1 heterocycles. The molecule has 0 atom stereocenters. The molecular weight excluding hydrogens is 218 g/mol. The highest BCUT2D eigenvalue weighted by atomic mass is 32.2. The summed E-state index contributed by atoms with van der Waals surface area (Å²) < 4.78 is 0. The Hall–Kier alpha value is -1.16. The Morgan fingerprint density at radius 2 is 2.38 bits per heavy atom. The molecule has 0 aliphatic carbocycles. The molecule has 0 saturated heterocycles. The second-order valence-electron chi connectivity index (χ2n) is 3.65. The van der Waals surface area contributed by atoms with Crippen LogP contribution in [0.1, 0.15) is 13.3 Å². The molecule has 0 fully saturated rings. The number of aromatic amines is 1. The van der Waals surface area contributed by atoms with E-state index < -0.39 is 0 Å². The minimum absolute atomic E-state index is 1.04. The SMILES string of the molecule is CCSCCCNc1ccc2[nH]ncc2c1. The van der Waals surface area contributed by atoms with Crippen molar-refractivity contribution in [2.75, 3.05) is 23.4 Å². The van der Waals surface area contributed by atoms with Crippen LogP contribution in [-0.2, 0) is 0 Å². The average Bonchev–Trinajstić information content (AvgIpc) is 2.76. The highest BCUT2D eigenvalue weighted by Crippen LogP contribution is 2.16. The maximum Gasteiger partial charge on any atom is 0.0651 e. The smallest absolute Gasteiger partial charge is 0.0651 e. The standard InChI is InChI=1S/C12H17N3S/c1-2-16-7-3-6-13-11-4-5-12-10(8-11)9-14-15-12/h4-5,8-9,13H,2-3,6-7H2,1H3,(H,14,15). The molecule has 0 aliphatic rings. The molecule has 3 nitrogen and oxygen atoms in total. The number of H-pyrrole nitrogens is 1. The third-order valence-electron chi connectivity index (χ3n) is 2.44. The van der Waals surface area contributed by atoms with E-state index >= 15 is 0 Å². The maximum atomic E-state index is 4.01. The molecule has 16 heavy (non-hydrogen) atoms. The fourth-order valence-electron chi connectivity index (χ4n) is 1.60. The van der Waals surface area contributed by atoms with Gasteiger partial charge in [-0.2, -0.15) is 16.9 Å². The molecular formula is C12H17N3S. The summed E-state index contributed by atoms with van der Waals surface area (Å²) in [5.74, 6) is 2.44. The largest absolute Gasteiger partial charge is 0.385 e. The maximum absolute atomic E-state index is 4.01. The second kappa shape index (κ2) is 5.80. The lowest BCUT2D eigenvalue weighted by molar-refractivity contribution is 0.992. The molecule has 2 N–H and O–H groups in total. The van der Waals surface area contributed by atoms with Gasteiger partial charge in [-0.1, -0.05) is 6.92 Å². The van der Waals surface area contributed by atoms with E-state index in [9.17, 15) is 0 Å². The van der Waals surface area contributed by atoms with Crippen LogP contribution in [0.5, 0.6) is 0 Å². The zero-order valence-corrected chi connectivity index (χ0v) is 10.3. The molecule has 2 aromatic rings. The van der Waals surface area contributed by atoms with E-state index in [2.05, 4.69) is 40.6 Å². The van der Waals surface area contributed by atoms with Crippen molar-refractivity contribution >= 4 is 28.4 Å². The van der Waals surface area contributed by atoms with Crippen LogP contribution in [-0.4, -0.2) is 28.2 Å². The van der Waals surface area contributed by atoms with Crippen molar-refractivity contribution in [1.82, 2.24) is 10.2 Å². The average molecular weight is 235 g/mol. The molecule has 1 aromatic heterocycles. The normalized spacial score (nSPS) is 10.8. The van der Waals surface area contributed by atoms with Crippen LogP contribution in [0.4, 0.5) is 5.69 Å². The summed E-state index contributed by atoms with van der Waals surface area (Å²) in [7, 11) is 0. The van der Waals surface area contributed by atoms with Crippen molar-refractivity contribution in [3.05, 3.63) is 24.4 Å². The van der Waals surface area contributed by atoms with Crippen molar-refractivity contribution < 1.29 is 0 Å². The molecule has 0 aliphatic heterocycles. The summed E-state index contributed by atoms with van der Waals surface area (Å²) in [5.41, 5.74) is 2.27. The molecule has 4 heteroatoms. The third kappa shape index (κ3) is 2.92. The first kappa shape index (κ1) is 11.3. The molecule has 0 bridgehead atoms. The summed E-state index contributed by atoms with van der Waals surface area (Å²) in [6, 6.07) is 6.28. The number of hydrogen-bond donors (Lipinski definition) is 2. The summed E-state index contributed by atoms with van der Waals surface area (Å²) >= 11 is 1.99. The van der Waals surface area contributed by atoms with E-state index in [4.69, 9.17) is 0 Å². The van der Waals surface area contributed by atoms with E-state index in [0.717, 1.165) is 17.4 Å². The highest BCUT2D eigenvalue weighted by molar-refractivity contribution is 7.99. The predicted octanol–water partition coefficient (Wildman–Crippen LogP) is 3.12. The number of benzene rings is 1. The molecule has 86 valence electrons. The highest BCUT2D eigenvalue weighted by Gasteiger charge is 1.97. The molecule has 0 saturated carbocycles. The van der Waals surface area contributed by atoms with Gasteiger partial charge in [0.2, 0.25) is 0 Å². The second-order valence-corrected chi connectivity index (χ2v) is 5.04. The lowest BCUT2D eigenvalue weighted by atomic mass is 10.2. The molecule has 0 radical (unpaired) electrons. The number of thioether (sulfide) groups is 1. The summed E-state index contributed by atoms with van der Waals surface area (Å²) in [4.78, 5) is 0. The Morgan fingerprint density at radius 1 is 1.44 bits per heavy atom. The summed E-state index contributed by atoms with van der Waals surface area (Å²) in [5, 5.41) is 11.5. The summed E-state index contributed by atoms with van der Waals surface area (Å²) in [6.45, 7) is 3.24. The molecule has 0 amide bonds. The van der Waals surface area contributed by atoms with Gasteiger partial charge in [-0.05, 0) is 36.1 Å². The zero-order chi connectivity index (χ0) is 11.2. The fourth-order valence-corrected chi connectivity index (χ4v) is 2.24. The van der Waals surface area contributed by atoms with Crippen molar-refractivity contribution in [2.45, 2.75) is 13.3 Å². The monoisotopic (exact) mass is 235 g/mol. The number of hydrogen-bond acceptors (Lipinski definition) is 3. The Labute approximate surface area is 100 Å². The third-order valence-corrected chi connectivity index (χ3v) is 3.42. The van der Waals surface area contributed by atoms with E-state index in [1.165, 1.54) is 23.6 Å². The zero-order valence-electron chi connectivity index (χ0n) is 9.49. The first-order valence-corrected chi connectivity index (χ1v) is 6.80. The first-order valence-electron chi connectivity index (χ1n) is 5.65. The molecule has 0 unspecified atom stereocenters. The minimum atomic E-state index is 1.04. The van der Waals surface area contributed by atoms with Gasteiger partial charge in [0.15, 0.2) is 0 Å². The lowest BCUT2D eigenvalue weighted by Gasteiger charge is -2.05. The molecule has 0 spiro atoms. The number of fused-ring (bicyclic) bond motifs is 1. The number of nitrogens with zero attached hydrogens (tertiary/aromatic N) is 1. The van der Waals surface area contributed by atoms with Gasteiger partial charge >= 0.3 is 0 Å². The van der Waals surface area contributed by atoms with Gasteiger partial charge in [-0.15, -0.1) is 0 Å². The van der Waals surface area contributed by atoms with E-state index in [1.54, 1.807) is 0 Å². The van der Waals surface area contributed by atoms with Crippen LogP contribution in [0.25, 0.3) is 10.9 Å². The number of aromatic nitrogens is 2. The fraction of sp³-hybridized carbons (Fsp3) is 0.417. The predicted molar refractivity (Wildman–Crippen MR) is 72.2 cm³/mol. The lowest BCUT2D eigenvalue weighted by Crippen LogP contribution is -2.02. The van der Waals surface area contributed by atoms with Gasteiger partial charge in [-0.3, -0.25) is 5.10 Å². The topological polar surface area (TPSA) is 40.7 Å². The van der Waals surface area contributed by atoms with Crippen LogP contribution in [0.15, 0.2) is 24.4 Å². The Balaban J connectivity index is 1.84. The Bertz CT molecular complexity index is 439. The number of nitrogens with one attached hydrogen (secondary N) is 2. The van der Waals surface area contributed by atoms with Gasteiger partial charge in [0.25, 0.3) is 0 Å². The van der Waals surface area contributed by atoms with Gasteiger partial charge in [0.05, 0.1) is 11.7 Å². The molecule has 2 rings (SSSR count). The number of rotatable bonds is 6. The van der Waals surface area contributed by atoms with Crippen LogP contribution >= 0.6 is 11.8 Å². The van der Waals surface area contributed by atoms with Gasteiger partial charge in [0, 0.05) is 17.6 Å². The van der Waals surface area contributed by atoms with Crippen molar-refractivity contribution in [1.29, 1.82) is 0 Å². The first-order chi connectivity index (χ1) is 7.90. The minimum Gasteiger partial charge on any atom is -0.385 e. The van der Waals surface area contributed by atoms with Crippen LogP contribution in [0.3, 0.4) is 0 Å². The van der Waals surface area contributed by atoms with Crippen molar-refractivity contribution in [2.24, 2.45) is 0 Å². The van der Waals surface area contributed by atoms with Gasteiger partial charge < -0.3 is 5.32 Å². The van der Waals surface area contributed by atoms with E-state index in [1.807, 2.05) is 18.0 Å².